The molecular weight excluding hydrogens is 350 g/mol. The average Bonchev–Trinajstić information content (AvgIpc) is 2.42. The van der Waals surface area contributed by atoms with Crippen LogP contribution in [-0.4, -0.2) is 20.5 Å². The molecule has 0 radical (unpaired) electrons. The molecule has 1 aliphatic carbocycles. The van der Waals surface area contributed by atoms with Crippen molar-refractivity contribution in [2.75, 3.05) is 6.54 Å². The zero-order chi connectivity index (χ0) is 15.5. The predicted octanol–water partition coefficient (Wildman–Crippen LogP) is 2.98. The maximum atomic E-state index is 13.1. The van der Waals surface area contributed by atoms with Crippen molar-refractivity contribution in [3.63, 3.8) is 0 Å². The van der Waals surface area contributed by atoms with Crippen LogP contribution in [0.25, 0.3) is 0 Å². The Bertz CT molecular complexity index is 605. The van der Waals surface area contributed by atoms with Crippen LogP contribution in [0.5, 0.6) is 0 Å². The first kappa shape index (κ1) is 19.6. The van der Waals surface area contributed by atoms with E-state index in [0.717, 1.165) is 32.1 Å². The monoisotopic (exact) mass is 370 g/mol. The van der Waals surface area contributed by atoms with Crippen LogP contribution in [-0.2, 0) is 15.8 Å². The van der Waals surface area contributed by atoms with Gasteiger partial charge >= 0.3 is 0 Å². The van der Waals surface area contributed by atoms with Gasteiger partial charge in [-0.3, -0.25) is 0 Å². The molecule has 1 aliphatic rings. The van der Waals surface area contributed by atoms with E-state index >= 15 is 0 Å². The lowest BCUT2D eigenvalue weighted by Gasteiger charge is -2.33. The number of halogens is 3. The van der Waals surface area contributed by atoms with Gasteiger partial charge in [0.2, 0.25) is 10.0 Å². The predicted molar refractivity (Wildman–Crippen MR) is 89.3 cm³/mol. The Labute approximate surface area is 142 Å². The van der Waals surface area contributed by atoms with Crippen molar-refractivity contribution in [3.05, 3.63) is 34.6 Å². The molecule has 0 heterocycles. The molecule has 3 N–H and O–H groups in total. The van der Waals surface area contributed by atoms with Crippen LogP contribution >= 0.6 is 24.0 Å². The molecule has 4 nitrogen and oxygen atoms in total. The van der Waals surface area contributed by atoms with Gasteiger partial charge in [-0.2, -0.15) is 0 Å². The van der Waals surface area contributed by atoms with Crippen molar-refractivity contribution in [3.8, 4) is 0 Å². The lowest BCUT2D eigenvalue weighted by molar-refractivity contribution is 0.296. The van der Waals surface area contributed by atoms with Crippen molar-refractivity contribution in [2.45, 2.75) is 43.4 Å². The van der Waals surface area contributed by atoms with E-state index in [2.05, 4.69) is 4.72 Å². The van der Waals surface area contributed by atoms with Crippen LogP contribution < -0.4 is 10.5 Å². The van der Waals surface area contributed by atoms with Crippen LogP contribution in [0.15, 0.2) is 18.2 Å². The standard InChI is InChI=1S/C14H20ClFN2O2S.ClH/c15-12-8-11(4-5-13(12)16)9-21(19,20)18-10-14(17)6-2-1-3-7-14;/h4-5,8,18H,1-3,6-7,9-10,17H2;1H. The second-order valence-electron chi connectivity index (χ2n) is 5.75. The number of sulfonamides is 1. The molecule has 2 rings (SSSR count). The SMILES string of the molecule is Cl.NC1(CNS(=O)(=O)Cc2ccc(F)c(Cl)c2)CCCCC1. The zero-order valence-electron chi connectivity index (χ0n) is 12.1. The number of nitrogens with two attached hydrogens (primary N) is 1. The third kappa shape index (κ3) is 5.66. The van der Waals surface area contributed by atoms with Gasteiger partial charge < -0.3 is 5.73 Å². The Morgan fingerprint density at radius 1 is 1.27 bits per heavy atom. The van der Waals surface area contributed by atoms with Gasteiger partial charge in [-0.25, -0.2) is 17.5 Å². The Hall–Kier alpha value is -0.400. The van der Waals surface area contributed by atoms with Crippen molar-refractivity contribution in [1.82, 2.24) is 4.72 Å². The van der Waals surface area contributed by atoms with Crippen LogP contribution in [0.4, 0.5) is 4.39 Å². The lowest BCUT2D eigenvalue weighted by atomic mass is 9.83. The summed E-state index contributed by atoms with van der Waals surface area (Å²) in [5.41, 5.74) is 6.20. The van der Waals surface area contributed by atoms with E-state index in [0.29, 0.717) is 5.56 Å². The maximum Gasteiger partial charge on any atom is 0.215 e. The van der Waals surface area contributed by atoms with Crippen LogP contribution in [0, 0.1) is 5.82 Å². The van der Waals surface area contributed by atoms with Gasteiger partial charge in [0.1, 0.15) is 5.82 Å². The average molecular weight is 371 g/mol. The molecule has 0 saturated heterocycles. The molecule has 8 heteroatoms. The zero-order valence-corrected chi connectivity index (χ0v) is 14.5. The highest BCUT2D eigenvalue weighted by Gasteiger charge is 2.28. The molecule has 0 aromatic heterocycles. The molecule has 1 fully saturated rings. The smallest absolute Gasteiger partial charge is 0.215 e. The molecule has 0 amide bonds. The van der Waals surface area contributed by atoms with Gasteiger partial charge in [0.05, 0.1) is 10.8 Å². The highest BCUT2D eigenvalue weighted by atomic mass is 35.5. The van der Waals surface area contributed by atoms with E-state index in [1.54, 1.807) is 0 Å². The fourth-order valence-corrected chi connectivity index (χ4v) is 4.02. The summed E-state index contributed by atoms with van der Waals surface area (Å²) in [5.74, 6) is -0.794. The van der Waals surface area contributed by atoms with Crippen molar-refractivity contribution < 1.29 is 12.8 Å². The first-order valence-electron chi connectivity index (χ1n) is 7.00. The summed E-state index contributed by atoms with van der Waals surface area (Å²) < 4.78 is 39.8. The van der Waals surface area contributed by atoms with Gasteiger partial charge in [-0.15, -0.1) is 12.4 Å². The molecule has 126 valence electrons. The van der Waals surface area contributed by atoms with Crippen LogP contribution in [0.1, 0.15) is 37.7 Å². The molecule has 1 aromatic carbocycles. The molecule has 1 aromatic rings. The minimum atomic E-state index is -3.51. The topological polar surface area (TPSA) is 72.2 Å². The second kappa shape index (κ2) is 7.93. The van der Waals surface area contributed by atoms with Crippen molar-refractivity contribution in [2.24, 2.45) is 5.73 Å². The van der Waals surface area contributed by atoms with E-state index in [9.17, 15) is 12.8 Å². The Kier molecular flexibility index (Phi) is 7.08. The van der Waals surface area contributed by atoms with Gasteiger partial charge in [-0.1, -0.05) is 36.9 Å². The molecular formula is C14H21Cl2FN2O2S. The Morgan fingerprint density at radius 2 is 1.91 bits per heavy atom. The molecule has 0 bridgehead atoms. The quantitative estimate of drug-likeness (QED) is 0.836. The Morgan fingerprint density at radius 3 is 2.50 bits per heavy atom. The minimum absolute atomic E-state index is 0. The van der Waals surface area contributed by atoms with Gasteiger partial charge in [0.25, 0.3) is 0 Å². The molecule has 1 saturated carbocycles. The molecule has 0 aliphatic heterocycles. The molecule has 0 atom stereocenters. The fourth-order valence-electron chi connectivity index (χ4n) is 2.59. The van der Waals surface area contributed by atoms with Crippen LogP contribution in [0.2, 0.25) is 5.02 Å². The maximum absolute atomic E-state index is 13.1. The fraction of sp³-hybridized carbons (Fsp3) is 0.571. The van der Waals surface area contributed by atoms with E-state index in [1.807, 2.05) is 0 Å². The van der Waals surface area contributed by atoms with Crippen molar-refractivity contribution in [1.29, 1.82) is 0 Å². The largest absolute Gasteiger partial charge is 0.324 e. The van der Waals surface area contributed by atoms with Gasteiger partial charge in [-0.05, 0) is 30.5 Å². The van der Waals surface area contributed by atoms with Crippen LogP contribution in [0.3, 0.4) is 0 Å². The minimum Gasteiger partial charge on any atom is -0.324 e. The number of hydrogen-bond acceptors (Lipinski definition) is 3. The summed E-state index contributed by atoms with van der Waals surface area (Å²) in [7, 11) is -3.51. The third-order valence-electron chi connectivity index (χ3n) is 3.83. The van der Waals surface area contributed by atoms with E-state index in [4.69, 9.17) is 17.3 Å². The number of benzene rings is 1. The normalized spacial score (nSPS) is 17.8. The van der Waals surface area contributed by atoms with E-state index in [1.165, 1.54) is 18.2 Å². The third-order valence-corrected chi connectivity index (χ3v) is 5.42. The molecule has 22 heavy (non-hydrogen) atoms. The van der Waals surface area contributed by atoms with E-state index in [-0.39, 0.29) is 29.7 Å². The van der Waals surface area contributed by atoms with Gasteiger partial charge in [0, 0.05) is 12.1 Å². The molecule has 0 spiro atoms. The highest BCUT2D eigenvalue weighted by molar-refractivity contribution is 7.88. The first-order chi connectivity index (χ1) is 9.80. The summed E-state index contributed by atoms with van der Waals surface area (Å²) in [6.45, 7) is 0.240. The summed E-state index contributed by atoms with van der Waals surface area (Å²) in [4.78, 5) is 0. The second-order valence-corrected chi connectivity index (χ2v) is 7.97. The Balaban J connectivity index is 0.00000242. The summed E-state index contributed by atoms with van der Waals surface area (Å²) in [6.07, 6.45) is 4.88. The highest BCUT2D eigenvalue weighted by Crippen LogP contribution is 2.25. The van der Waals surface area contributed by atoms with E-state index < -0.39 is 21.4 Å². The summed E-state index contributed by atoms with van der Waals surface area (Å²) >= 11 is 5.65. The first-order valence-corrected chi connectivity index (χ1v) is 9.03. The number of hydrogen-bond donors (Lipinski definition) is 2. The number of rotatable bonds is 5. The lowest BCUT2D eigenvalue weighted by Crippen LogP contribution is -2.51. The van der Waals surface area contributed by atoms with Gasteiger partial charge in [0.15, 0.2) is 0 Å². The summed E-state index contributed by atoms with van der Waals surface area (Å²) in [6, 6.07) is 3.91. The van der Waals surface area contributed by atoms with Crippen molar-refractivity contribution >= 4 is 34.0 Å². The molecule has 0 unspecified atom stereocenters. The number of nitrogens with one attached hydrogen (secondary N) is 1. The summed E-state index contributed by atoms with van der Waals surface area (Å²) in [5, 5.41) is -0.0784.